The first-order chi connectivity index (χ1) is 35.1. The van der Waals surface area contributed by atoms with Crippen LogP contribution in [-0.2, 0) is 5.41 Å². The van der Waals surface area contributed by atoms with Crippen LogP contribution in [0.25, 0.3) is 44.2 Å². The summed E-state index contributed by atoms with van der Waals surface area (Å²) < 4.78 is 14.8. The molecule has 0 saturated heterocycles. The number of fused-ring (bicyclic) bond motifs is 10. The van der Waals surface area contributed by atoms with Gasteiger partial charge >= 0.3 is 0 Å². The Hall–Kier alpha value is -5.85. The van der Waals surface area contributed by atoms with Gasteiger partial charge in [0.25, 0.3) is 0 Å². The summed E-state index contributed by atoms with van der Waals surface area (Å²) in [6, 6.07) is 50.8. The predicted molar refractivity (Wildman–Crippen MR) is 302 cm³/mol. The van der Waals surface area contributed by atoms with Crippen LogP contribution in [0.15, 0.2) is 186 Å². The number of para-hydroxylation sites is 2. The molecule has 1 aromatic heterocycles. The summed E-state index contributed by atoms with van der Waals surface area (Å²) in [6.07, 6.45) is 31.5. The zero-order valence-electron chi connectivity index (χ0n) is 40.7. The van der Waals surface area contributed by atoms with Gasteiger partial charge in [-0.3, -0.25) is 0 Å². The third kappa shape index (κ3) is 7.23. The number of rotatable bonds is 8. The van der Waals surface area contributed by atoms with Crippen LogP contribution in [-0.4, -0.2) is 9.97 Å². The van der Waals surface area contributed by atoms with Crippen LogP contribution in [0.4, 0.5) is 5.69 Å². The summed E-state index contributed by atoms with van der Waals surface area (Å²) in [5.41, 5.74) is 17.9. The average molecular weight is 1040 g/mol. The maximum Gasteiger partial charge on any atom is 0.143 e. The summed E-state index contributed by atoms with van der Waals surface area (Å²) in [6.45, 7) is 0. The molecule has 0 spiro atoms. The first-order valence-electron chi connectivity index (χ1n) is 27.0. The van der Waals surface area contributed by atoms with E-state index in [1.807, 2.05) is 0 Å². The van der Waals surface area contributed by atoms with Gasteiger partial charge < -0.3 is 14.1 Å². The summed E-state index contributed by atoms with van der Waals surface area (Å²) in [5.74, 6) is 4.57. The lowest BCUT2D eigenvalue weighted by Gasteiger charge is -2.41. The Kier molecular flexibility index (Phi) is 11.1. The van der Waals surface area contributed by atoms with Gasteiger partial charge in [-0.05, 0) is 164 Å². The van der Waals surface area contributed by atoms with Crippen LogP contribution in [0.3, 0.4) is 0 Å². The normalized spacial score (nSPS) is 26.6. The van der Waals surface area contributed by atoms with Crippen molar-refractivity contribution >= 4 is 61.4 Å². The number of alkyl halides is 1. The van der Waals surface area contributed by atoms with E-state index in [4.69, 9.17) is 9.15 Å². The quantitative estimate of drug-likeness (QED) is 0.0862. The van der Waals surface area contributed by atoms with E-state index < -0.39 is 0 Å². The minimum Gasteiger partial charge on any atom is -0.460 e. The minimum atomic E-state index is -0.246. The van der Waals surface area contributed by atoms with Crippen molar-refractivity contribution in [1.82, 2.24) is 0 Å². The number of nitrogens with zero attached hydrogens (tertiary/aromatic N) is 1. The van der Waals surface area contributed by atoms with E-state index in [1.165, 1.54) is 129 Å². The highest BCUT2D eigenvalue weighted by molar-refractivity contribution is 14.1. The number of benzene rings is 6. The van der Waals surface area contributed by atoms with Gasteiger partial charge in [0.05, 0.1) is 6.04 Å². The van der Waals surface area contributed by atoms with Gasteiger partial charge in [-0.25, -0.2) is 0 Å². The Labute approximate surface area is 433 Å². The number of anilines is 1. The fourth-order valence-corrected chi connectivity index (χ4v) is 15.9. The minimum absolute atomic E-state index is 0.246. The van der Waals surface area contributed by atoms with E-state index in [-0.39, 0.29) is 5.41 Å². The SMILES string of the molecule is IC1CCCC(C2C=CC(N(C3=CC=C(c4cccc5c4oc4c6c(ccc45)C(c4ccccc4)(C4CC=CCC4)c4ccccc4-6)CC3)c3ccc(C4=C5Oc6ccccc6C5CCC4)cc3)CC2)C1. The van der Waals surface area contributed by atoms with Crippen molar-refractivity contribution in [3.8, 4) is 16.9 Å². The van der Waals surface area contributed by atoms with Gasteiger partial charge in [0.2, 0.25) is 0 Å². The second-order valence-electron chi connectivity index (χ2n) is 21.8. The van der Waals surface area contributed by atoms with E-state index >= 15 is 0 Å². The molecule has 7 unspecified atom stereocenters. The topological polar surface area (TPSA) is 25.6 Å². The average Bonchev–Trinajstić information content (AvgIpc) is 4.11. The Morgan fingerprint density at radius 2 is 1.46 bits per heavy atom. The Bertz CT molecular complexity index is 3370. The van der Waals surface area contributed by atoms with Crippen LogP contribution >= 0.6 is 22.6 Å². The summed E-state index contributed by atoms with van der Waals surface area (Å²) in [5, 5.41) is 2.41. The van der Waals surface area contributed by atoms with E-state index in [2.05, 4.69) is 197 Å². The molecule has 6 aromatic carbocycles. The van der Waals surface area contributed by atoms with Crippen LogP contribution in [0.1, 0.15) is 129 Å². The molecule has 6 aliphatic carbocycles. The molecular weight excluding hydrogens is 978 g/mol. The maximum absolute atomic E-state index is 7.36. The highest BCUT2D eigenvalue weighted by Gasteiger charge is 2.50. The molecule has 1 aliphatic heterocycles. The third-order valence-electron chi connectivity index (χ3n) is 18.1. The van der Waals surface area contributed by atoms with Crippen molar-refractivity contribution in [2.45, 2.75) is 111 Å². The predicted octanol–water partition coefficient (Wildman–Crippen LogP) is 18.2. The monoisotopic (exact) mass is 1040 g/mol. The molecule has 0 amide bonds. The van der Waals surface area contributed by atoms with E-state index in [1.54, 1.807) is 0 Å². The van der Waals surface area contributed by atoms with Gasteiger partial charge in [-0.15, -0.1) is 0 Å². The first kappa shape index (κ1) is 43.9. The van der Waals surface area contributed by atoms with Crippen molar-refractivity contribution < 1.29 is 9.15 Å². The second-order valence-corrected chi connectivity index (χ2v) is 23.5. The van der Waals surface area contributed by atoms with Gasteiger partial charge in [0.1, 0.15) is 22.7 Å². The summed E-state index contributed by atoms with van der Waals surface area (Å²) in [4.78, 5) is 2.69. The van der Waals surface area contributed by atoms with Crippen LogP contribution < -0.4 is 9.64 Å². The molecule has 1 fully saturated rings. The molecule has 354 valence electrons. The number of hydrogen-bond donors (Lipinski definition) is 0. The molecule has 0 N–H and O–H groups in total. The number of hydrogen-bond acceptors (Lipinski definition) is 3. The molecule has 7 aliphatic rings. The van der Waals surface area contributed by atoms with Crippen molar-refractivity contribution in [1.29, 1.82) is 0 Å². The molecule has 7 atom stereocenters. The fraction of sp³-hybridized carbons (Fsp3) is 0.313. The van der Waals surface area contributed by atoms with E-state index in [0.29, 0.717) is 23.8 Å². The van der Waals surface area contributed by atoms with Crippen molar-refractivity contribution in [2.75, 3.05) is 4.90 Å². The molecular formula is C67H62INO2. The van der Waals surface area contributed by atoms with Gasteiger partial charge in [0.15, 0.2) is 0 Å². The second kappa shape index (κ2) is 18.0. The van der Waals surface area contributed by atoms with E-state index in [0.717, 1.165) is 71.7 Å². The lowest BCUT2D eigenvalue weighted by atomic mass is 9.61. The largest absolute Gasteiger partial charge is 0.460 e. The van der Waals surface area contributed by atoms with Crippen molar-refractivity contribution in [3.63, 3.8) is 0 Å². The molecule has 71 heavy (non-hydrogen) atoms. The highest BCUT2D eigenvalue weighted by Crippen LogP contribution is 2.61. The third-order valence-corrected chi connectivity index (χ3v) is 19.2. The zero-order valence-corrected chi connectivity index (χ0v) is 42.8. The highest BCUT2D eigenvalue weighted by atomic mass is 127. The van der Waals surface area contributed by atoms with Gasteiger partial charge in [0, 0.05) is 54.1 Å². The molecule has 4 heteroatoms. The molecule has 2 heterocycles. The molecule has 1 saturated carbocycles. The number of halogens is 1. The molecule has 14 rings (SSSR count). The van der Waals surface area contributed by atoms with Crippen molar-refractivity contribution in [2.24, 2.45) is 17.8 Å². The van der Waals surface area contributed by atoms with Gasteiger partial charge in [-0.2, -0.15) is 0 Å². The Morgan fingerprint density at radius 1 is 0.620 bits per heavy atom. The van der Waals surface area contributed by atoms with Crippen LogP contribution in [0.5, 0.6) is 5.75 Å². The van der Waals surface area contributed by atoms with Crippen LogP contribution in [0.2, 0.25) is 0 Å². The maximum atomic E-state index is 7.36. The van der Waals surface area contributed by atoms with E-state index in [9.17, 15) is 0 Å². The number of allylic oxidation sites excluding steroid dienone is 9. The van der Waals surface area contributed by atoms with Gasteiger partial charge in [-0.1, -0.05) is 175 Å². The lowest BCUT2D eigenvalue weighted by Crippen LogP contribution is -2.37. The molecule has 0 bridgehead atoms. The number of furan rings is 1. The van der Waals surface area contributed by atoms with Crippen LogP contribution in [0, 0.1) is 17.8 Å². The molecule has 7 aromatic rings. The Balaban J connectivity index is 0.838. The number of ether oxygens (including phenoxy) is 1. The summed E-state index contributed by atoms with van der Waals surface area (Å²) >= 11 is 2.71. The lowest BCUT2D eigenvalue weighted by molar-refractivity contribution is 0.272. The molecule has 3 nitrogen and oxygen atoms in total. The fourth-order valence-electron chi connectivity index (χ4n) is 14.9. The molecule has 0 radical (unpaired) electrons. The standard InChI is InChI=1S/C67H62INO2/c68-49-19-11-14-46(42-49)43-28-34-50(35-29-43)69(51-36-30-44(31-37-51)53-22-12-24-56-55-20-8-10-27-62(55)70-64(53)56)52-38-32-45(33-39-52)54-23-13-25-57-58-40-41-61-63(66(58)71-65(54)57)59-21-7-9-26-60(59)67(61,47-15-3-1-4-16-47)48-17-5-2-6-18-48/h1-5,7-10,13,15-16,20-21,23,25-28,30-32,34,36-38,40-41,43,46,48-50,56H,6,11-12,14,17-19,22,24,29,33,35,39,42H2. The summed E-state index contributed by atoms with van der Waals surface area (Å²) in [7, 11) is 0. The van der Waals surface area contributed by atoms with Crippen molar-refractivity contribution in [3.05, 3.63) is 215 Å². The first-order valence-corrected chi connectivity index (χ1v) is 28.3. The Morgan fingerprint density at radius 3 is 2.30 bits per heavy atom. The smallest absolute Gasteiger partial charge is 0.143 e. The zero-order chi connectivity index (χ0) is 47.0.